The Morgan fingerprint density at radius 1 is 1.43 bits per heavy atom. The van der Waals surface area contributed by atoms with Crippen LogP contribution in [-0.4, -0.2) is 16.0 Å². The summed E-state index contributed by atoms with van der Waals surface area (Å²) < 4.78 is 5.19. The minimum Gasteiger partial charge on any atom is -0.376 e. The van der Waals surface area contributed by atoms with Gasteiger partial charge in [0.25, 0.3) is 0 Å². The first-order valence-electron chi connectivity index (χ1n) is 7.06. The number of carbonyl (C=O) groups is 1. The molecule has 0 bridgehead atoms. The van der Waals surface area contributed by atoms with Gasteiger partial charge in [0.2, 0.25) is 11.8 Å². The van der Waals surface area contributed by atoms with Gasteiger partial charge in [-0.05, 0) is 31.0 Å². The van der Waals surface area contributed by atoms with Crippen LogP contribution in [0.5, 0.6) is 0 Å². The van der Waals surface area contributed by atoms with Gasteiger partial charge in [-0.2, -0.15) is 4.98 Å². The lowest BCUT2D eigenvalue weighted by Crippen LogP contribution is -2.12. The van der Waals surface area contributed by atoms with Crippen LogP contribution in [0.25, 0.3) is 0 Å². The molecule has 0 unspecified atom stereocenters. The zero-order valence-corrected chi connectivity index (χ0v) is 12.3. The lowest BCUT2D eigenvalue weighted by Gasteiger charge is -2.08. The van der Waals surface area contributed by atoms with Crippen molar-refractivity contribution in [2.45, 2.75) is 39.7 Å². The molecule has 112 valence electrons. The molecule has 0 aliphatic rings. The second-order valence-corrected chi connectivity index (χ2v) is 4.96. The van der Waals surface area contributed by atoms with Gasteiger partial charge in [0.15, 0.2) is 5.82 Å². The Kier molecular flexibility index (Phi) is 4.92. The van der Waals surface area contributed by atoms with Crippen LogP contribution in [0.15, 0.2) is 22.7 Å². The Balaban J connectivity index is 2.00. The number of anilines is 1. The molecule has 0 saturated carbocycles. The van der Waals surface area contributed by atoms with E-state index in [4.69, 9.17) is 10.3 Å². The van der Waals surface area contributed by atoms with Gasteiger partial charge in [-0.3, -0.25) is 4.79 Å². The van der Waals surface area contributed by atoms with Crippen molar-refractivity contribution in [3.8, 4) is 0 Å². The van der Waals surface area contributed by atoms with E-state index in [1.807, 2.05) is 13.0 Å². The molecule has 2 aromatic rings. The molecule has 0 radical (unpaired) electrons. The summed E-state index contributed by atoms with van der Waals surface area (Å²) in [5.41, 5.74) is 7.60. The van der Waals surface area contributed by atoms with Crippen LogP contribution in [0, 0.1) is 6.92 Å². The van der Waals surface area contributed by atoms with Gasteiger partial charge in [-0.25, -0.2) is 0 Å². The van der Waals surface area contributed by atoms with E-state index in [1.54, 1.807) is 12.1 Å². The number of nitrogens with zero attached hydrogens (tertiary/aromatic N) is 2. The number of aryl methyl sites for hydroxylation is 2. The van der Waals surface area contributed by atoms with Gasteiger partial charge >= 0.3 is 0 Å². The summed E-state index contributed by atoms with van der Waals surface area (Å²) in [5.74, 6) is 0.818. The minimum atomic E-state index is -0.447. The number of benzene rings is 1. The molecule has 0 aliphatic carbocycles. The van der Waals surface area contributed by atoms with Gasteiger partial charge in [-0.1, -0.05) is 24.6 Å². The van der Waals surface area contributed by atoms with E-state index in [2.05, 4.69) is 22.4 Å². The first-order chi connectivity index (χ1) is 10.1. The Labute approximate surface area is 123 Å². The molecule has 1 heterocycles. The van der Waals surface area contributed by atoms with E-state index < -0.39 is 5.91 Å². The summed E-state index contributed by atoms with van der Waals surface area (Å²) in [6.07, 6.45) is 2.98. The molecular weight excluding hydrogens is 268 g/mol. The maximum atomic E-state index is 11.2. The molecule has 6 heteroatoms. The highest BCUT2D eigenvalue weighted by Gasteiger charge is 2.08. The van der Waals surface area contributed by atoms with Crippen LogP contribution in [0.2, 0.25) is 0 Å². The third-order valence-corrected chi connectivity index (χ3v) is 3.22. The molecule has 0 spiro atoms. The van der Waals surface area contributed by atoms with Crippen molar-refractivity contribution < 1.29 is 9.32 Å². The number of carbonyl (C=O) groups excluding carboxylic acids is 1. The van der Waals surface area contributed by atoms with Crippen molar-refractivity contribution in [1.82, 2.24) is 10.1 Å². The molecule has 2 rings (SSSR count). The summed E-state index contributed by atoms with van der Waals surface area (Å²) in [6.45, 7) is 4.49. The quantitative estimate of drug-likeness (QED) is 0.816. The van der Waals surface area contributed by atoms with Crippen LogP contribution < -0.4 is 11.1 Å². The van der Waals surface area contributed by atoms with E-state index in [9.17, 15) is 4.79 Å². The van der Waals surface area contributed by atoms with Crippen LogP contribution in [0.4, 0.5) is 5.69 Å². The third kappa shape index (κ3) is 4.05. The fraction of sp³-hybridized carbons (Fsp3) is 0.400. The molecule has 3 N–H and O–H groups in total. The average molecular weight is 288 g/mol. The van der Waals surface area contributed by atoms with E-state index in [0.717, 1.165) is 36.3 Å². The number of rotatable bonds is 7. The first-order valence-corrected chi connectivity index (χ1v) is 7.06. The number of hydrogen-bond donors (Lipinski definition) is 2. The minimum absolute atomic E-state index is 0.419. The predicted octanol–water partition coefficient (Wildman–Crippen LogP) is 2.43. The van der Waals surface area contributed by atoms with E-state index >= 15 is 0 Å². The largest absolute Gasteiger partial charge is 0.376 e. The van der Waals surface area contributed by atoms with Crippen LogP contribution in [0.3, 0.4) is 0 Å². The van der Waals surface area contributed by atoms with E-state index in [0.29, 0.717) is 18.0 Å². The molecule has 0 saturated heterocycles. The van der Waals surface area contributed by atoms with Crippen molar-refractivity contribution in [3.05, 3.63) is 41.0 Å². The van der Waals surface area contributed by atoms with Crippen LogP contribution in [-0.2, 0) is 13.0 Å². The summed E-state index contributed by atoms with van der Waals surface area (Å²) >= 11 is 0. The number of hydrogen-bond acceptors (Lipinski definition) is 5. The standard InChI is InChI=1S/C15H20N4O2/c1-3-4-5-13-18-14(21-19-13)9-17-12-8-11(15(16)20)7-6-10(12)2/h6-8,17H,3-5,9H2,1-2H3,(H2,16,20). The number of aromatic nitrogens is 2. The monoisotopic (exact) mass is 288 g/mol. The van der Waals surface area contributed by atoms with Crippen molar-refractivity contribution in [1.29, 1.82) is 0 Å². The van der Waals surface area contributed by atoms with Gasteiger partial charge in [-0.15, -0.1) is 0 Å². The Hall–Kier alpha value is -2.37. The van der Waals surface area contributed by atoms with Crippen LogP contribution >= 0.6 is 0 Å². The lowest BCUT2D eigenvalue weighted by molar-refractivity contribution is 0.100. The molecule has 21 heavy (non-hydrogen) atoms. The molecule has 0 fully saturated rings. The second-order valence-electron chi connectivity index (χ2n) is 4.96. The zero-order chi connectivity index (χ0) is 15.2. The Morgan fingerprint density at radius 3 is 2.95 bits per heavy atom. The SMILES string of the molecule is CCCCc1noc(CNc2cc(C(N)=O)ccc2C)n1. The number of unbranched alkanes of at least 4 members (excludes halogenated alkanes) is 1. The highest BCUT2D eigenvalue weighted by atomic mass is 16.5. The number of primary amides is 1. The summed E-state index contributed by atoms with van der Waals surface area (Å²) in [6, 6.07) is 5.29. The number of nitrogens with two attached hydrogens (primary N) is 1. The third-order valence-electron chi connectivity index (χ3n) is 3.22. The highest BCUT2D eigenvalue weighted by molar-refractivity contribution is 5.93. The van der Waals surface area contributed by atoms with E-state index in [1.165, 1.54) is 0 Å². The fourth-order valence-electron chi connectivity index (χ4n) is 1.93. The predicted molar refractivity (Wildman–Crippen MR) is 79.9 cm³/mol. The lowest BCUT2D eigenvalue weighted by atomic mass is 10.1. The van der Waals surface area contributed by atoms with Gasteiger partial charge in [0.05, 0.1) is 6.54 Å². The zero-order valence-electron chi connectivity index (χ0n) is 12.3. The van der Waals surface area contributed by atoms with Gasteiger partial charge in [0.1, 0.15) is 0 Å². The smallest absolute Gasteiger partial charge is 0.248 e. The topological polar surface area (TPSA) is 94.0 Å². The summed E-state index contributed by atoms with van der Waals surface area (Å²) in [4.78, 5) is 15.5. The molecule has 1 amide bonds. The normalized spacial score (nSPS) is 10.6. The van der Waals surface area contributed by atoms with Crippen molar-refractivity contribution >= 4 is 11.6 Å². The average Bonchev–Trinajstić information content (AvgIpc) is 2.92. The maximum absolute atomic E-state index is 11.2. The Bertz CT molecular complexity index is 622. The number of nitrogens with one attached hydrogen (secondary N) is 1. The fourth-order valence-corrected chi connectivity index (χ4v) is 1.93. The molecule has 0 atom stereocenters. The van der Waals surface area contributed by atoms with Crippen LogP contribution in [0.1, 0.15) is 47.4 Å². The van der Waals surface area contributed by atoms with Crippen molar-refractivity contribution in [2.75, 3.05) is 5.32 Å². The molecule has 0 aliphatic heterocycles. The molecular formula is C15H20N4O2. The van der Waals surface area contributed by atoms with Crippen molar-refractivity contribution in [3.63, 3.8) is 0 Å². The molecule has 1 aromatic heterocycles. The summed E-state index contributed by atoms with van der Waals surface area (Å²) in [7, 11) is 0. The summed E-state index contributed by atoms with van der Waals surface area (Å²) in [5, 5.41) is 7.12. The Morgan fingerprint density at radius 2 is 2.24 bits per heavy atom. The second kappa shape index (κ2) is 6.88. The first kappa shape index (κ1) is 15.0. The highest BCUT2D eigenvalue weighted by Crippen LogP contribution is 2.17. The molecule has 1 aromatic carbocycles. The number of amides is 1. The van der Waals surface area contributed by atoms with Crippen molar-refractivity contribution in [2.24, 2.45) is 5.73 Å². The maximum Gasteiger partial charge on any atom is 0.248 e. The molecule has 6 nitrogen and oxygen atoms in total. The van der Waals surface area contributed by atoms with E-state index in [-0.39, 0.29) is 0 Å². The van der Waals surface area contributed by atoms with Gasteiger partial charge in [0, 0.05) is 17.7 Å². The van der Waals surface area contributed by atoms with Gasteiger partial charge < -0.3 is 15.6 Å².